The van der Waals surface area contributed by atoms with Gasteiger partial charge in [-0.05, 0) is 77.3 Å². The van der Waals surface area contributed by atoms with Gasteiger partial charge in [0.1, 0.15) is 0 Å². The highest BCUT2D eigenvalue weighted by Gasteiger charge is 2.38. The maximum absolute atomic E-state index is 13.6. The Kier molecular flexibility index (Phi) is 12.4. The smallest absolute Gasteiger partial charge is 0.325 e. The third-order valence-corrected chi connectivity index (χ3v) is 9.30. The lowest BCUT2D eigenvalue weighted by Gasteiger charge is -2.31. The van der Waals surface area contributed by atoms with Crippen LogP contribution in [0.2, 0.25) is 0 Å². The van der Waals surface area contributed by atoms with Crippen LogP contribution in [0.1, 0.15) is 79.0 Å². The van der Waals surface area contributed by atoms with Crippen LogP contribution >= 0.6 is 19.6 Å². The van der Waals surface area contributed by atoms with E-state index in [1.54, 1.807) is 65.4 Å². The molecule has 0 bridgehead atoms. The van der Waals surface area contributed by atoms with Crippen LogP contribution in [-0.4, -0.2) is 39.4 Å². The molecule has 0 spiro atoms. The van der Waals surface area contributed by atoms with Gasteiger partial charge in [0.25, 0.3) is 0 Å². The van der Waals surface area contributed by atoms with Gasteiger partial charge in [-0.15, -0.1) is 11.8 Å². The van der Waals surface area contributed by atoms with Gasteiger partial charge in [-0.25, -0.2) is 9.57 Å². The summed E-state index contributed by atoms with van der Waals surface area (Å²) in [5.74, 6) is -0.301. The van der Waals surface area contributed by atoms with E-state index in [4.69, 9.17) is 24.5 Å². The first-order valence-corrected chi connectivity index (χ1v) is 17.6. The predicted molar refractivity (Wildman–Crippen MR) is 190 cm³/mol. The molecule has 0 aliphatic heterocycles. The number of rotatable bonds is 12. The number of nitrogens with zero attached hydrogens (tertiary/aromatic N) is 2. The average molecular weight is 682 g/mol. The van der Waals surface area contributed by atoms with Crippen LogP contribution in [0.3, 0.4) is 0 Å². The lowest BCUT2D eigenvalue weighted by Crippen LogP contribution is -2.30. The Morgan fingerprint density at radius 1 is 0.915 bits per heavy atom. The molecule has 0 aliphatic rings. The number of amides is 1. The summed E-state index contributed by atoms with van der Waals surface area (Å²) in [5, 5.41) is 16.6. The molecule has 3 N–H and O–H groups in total. The van der Waals surface area contributed by atoms with Crippen molar-refractivity contribution in [2.24, 2.45) is 5.22 Å². The molecule has 3 aromatic rings. The van der Waals surface area contributed by atoms with Crippen LogP contribution in [0.4, 0.5) is 5.69 Å². The summed E-state index contributed by atoms with van der Waals surface area (Å²) >= 11 is 1.65. The van der Waals surface area contributed by atoms with Gasteiger partial charge in [0.05, 0.1) is 23.3 Å². The topological polar surface area (TPSA) is 137 Å². The normalized spacial score (nSPS) is 12.5. The van der Waals surface area contributed by atoms with Crippen molar-refractivity contribution in [2.75, 3.05) is 12.0 Å². The summed E-state index contributed by atoms with van der Waals surface area (Å²) < 4.78 is 30.5. The van der Waals surface area contributed by atoms with Crippen molar-refractivity contribution in [3.05, 3.63) is 83.4 Å². The zero-order valence-corrected chi connectivity index (χ0v) is 30.8. The van der Waals surface area contributed by atoms with Crippen LogP contribution < -0.4 is 5.32 Å². The number of amidine groups is 1. The van der Waals surface area contributed by atoms with E-state index in [1.165, 1.54) is 0 Å². The largest absolute Gasteiger partial charge is 0.477 e. The highest BCUT2D eigenvalue weighted by molar-refractivity contribution is 8.00. The summed E-state index contributed by atoms with van der Waals surface area (Å²) in [6.07, 6.45) is 0.229. The van der Waals surface area contributed by atoms with Crippen LogP contribution in [-0.2, 0) is 29.4 Å². The molecule has 254 valence electrons. The van der Waals surface area contributed by atoms with Crippen molar-refractivity contribution >= 4 is 37.0 Å². The van der Waals surface area contributed by atoms with Crippen molar-refractivity contribution in [2.45, 2.75) is 96.5 Å². The summed E-state index contributed by atoms with van der Waals surface area (Å²) in [4.78, 5) is 14.1. The Morgan fingerprint density at radius 2 is 1.51 bits per heavy atom. The molecular weight excluding hydrogens is 633 g/mol. The maximum Gasteiger partial charge on any atom is 0.477 e. The zero-order chi connectivity index (χ0) is 35.2. The molecule has 0 unspecified atom stereocenters. The lowest BCUT2D eigenvalue weighted by atomic mass is 9.98. The van der Waals surface area contributed by atoms with Gasteiger partial charge < -0.3 is 5.32 Å². The lowest BCUT2D eigenvalue weighted by molar-refractivity contribution is -0.115. The van der Waals surface area contributed by atoms with E-state index in [9.17, 15) is 9.36 Å². The molecule has 1 amide bonds. The second kappa shape index (κ2) is 15.3. The van der Waals surface area contributed by atoms with Gasteiger partial charge in [0.2, 0.25) is 5.91 Å². The molecule has 0 heterocycles. The van der Waals surface area contributed by atoms with Crippen molar-refractivity contribution < 1.29 is 22.9 Å². The fraction of sp³-hybridized carbons (Fsp3) is 0.429. The average Bonchev–Trinajstić information content (AvgIpc) is 2.92. The highest BCUT2D eigenvalue weighted by atomic mass is 32.2. The first-order valence-electron chi connectivity index (χ1n) is 15.3. The van der Waals surface area contributed by atoms with Crippen LogP contribution in [0.25, 0.3) is 11.1 Å². The third kappa shape index (κ3) is 12.3. The van der Waals surface area contributed by atoms with Crippen molar-refractivity contribution in [3.63, 3.8) is 0 Å². The number of thioether (sulfide) groups is 1. The number of phosphoric acid groups is 1. The molecular formula is C35H48N5O5PS. The quantitative estimate of drug-likeness (QED) is 0.0329. The number of carbonyl (C=O) groups excluding carboxylic acids is 1. The number of benzene rings is 3. The Hall–Kier alpha value is -3.34. The molecule has 47 heavy (non-hydrogen) atoms. The summed E-state index contributed by atoms with van der Waals surface area (Å²) in [6, 6.07) is 20.9. The van der Waals surface area contributed by atoms with E-state index in [-0.39, 0.29) is 22.9 Å². The van der Waals surface area contributed by atoms with Crippen LogP contribution in [0.5, 0.6) is 0 Å². The van der Waals surface area contributed by atoms with E-state index < -0.39 is 25.8 Å². The first-order chi connectivity index (χ1) is 21.7. The SMILES string of the molecule is Cc1ccc(CC(=O)Nc2cc(-c3ccccc3C(=N)N(COP(=O)(OC(C)(C)C)OC(C)(C)C)N=N)ccc2SC(C)(C)C)cc1. The molecule has 3 aromatic carbocycles. The van der Waals surface area contributed by atoms with Crippen LogP contribution in [0.15, 0.2) is 76.8 Å². The van der Waals surface area contributed by atoms with Gasteiger partial charge >= 0.3 is 7.82 Å². The Morgan fingerprint density at radius 3 is 2.06 bits per heavy atom. The minimum absolute atomic E-state index is 0.110. The minimum Gasteiger partial charge on any atom is -0.325 e. The van der Waals surface area contributed by atoms with E-state index in [2.05, 4.69) is 31.3 Å². The highest BCUT2D eigenvalue weighted by Crippen LogP contribution is 2.55. The molecule has 0 aromatic heterocycles. The fourth-order valence-corrected chi connectivity index (χ4v) is 7.14. The number of aryl methyl sites for hydroxylation is 1. The number of hydrogen-bond donors (Lipinski definition) is 3. The number of hydrogen-bond acceptors (Lipinski definition) is 9. The Labute approximate surface area is 283 Å². The molecule has 0 saturated heterocycles. The summed E-state index contributed by atoms with van der Waals surface area (Å²) in [7, 11) is -4.13. The Balaban J connectivity index is 1.94. The summed E-state index contributed by atoms with van der Waals surface area (Å²) in [6.45, 7) is 18.2. The molecule has 10 nitrogen and oxygen atoms in total. The van der Waals surface area contributed by atoms with Crippen molar-refractivity contribution in [3.8, 4) is 11.1 Å². The van der Waals surface area contributed by atoms with Gasteiger partial charge in [-0.3, -0.25) is 23.8 Å². The monoisotopic (exact) mass is 681 g/mol. The minimum atomic E-state index is -4.13. The standard InChI is InChI=1S/C35H48N5O5PS/c1-24-15-17-25(18-16-24)21-31(41)38-29-22-26(19-20-30(29)47-35(8,9)10)27-13-11-12-14-28(27)32(36)40(39-37)23-43-46(42,44-33(2,3)4)45-34(5,6)7/h11-20,22,36-37H,21,23H2,1-10H3,(H,38,41). The van der Waals surface area contributed by atoms with Gasteiger partial charge in [-0.1, -0.05) is 86.2 Å². The molecule has 0 aliphatic carbocycles. The molecule has 3 rings (SSSR count). The number of carbonyl (C=O) groups is 1. The zero-order valence-electron chi connectivity index (χ0n) is 29.1. The number of anilines is 1. The van der Waals surface area contributed by atoms with E-state index >= 15 is 0 Å². The maximum atomic E-state index is 13.6. The molecule has 0 fully saturated rings. The second-order valence-electron chi connectivity index (χ2n) is 14.1. The Bertz CT molecular complexity index is 1600. The summed E-state index contributed by atoms with van der Waals surface area (Å²) in [5.41, 5.74) is 10.7. The van der Waals surface area contributed by atoms with Gasteiger partial charge in [0, 0.05) is 15.2 Å². The van der Waals surface area contributed by atoms with E-state index in [0.29, 0.717) is 16.8 Å². The molecule has 12 heteroatoms. The second-order valence-corrected chi connectivity index (χ2v) is 17.5. The number of phosphoric ester groups is 1. The van der Waals surface area contributed by atoms with Crippen LogP contribution in [0, 0.1) is 17.9 Å². The van der Waals surface area contributed by atoms with Crippen molar-refractivity contribution in [1.82, 2.24) is 5.01 Å². The third-order valence-electron chi connectivity index (χ3n) is 6.14. The first kappa shape index (κ1) is 38.1. The van der Waals surface area contributed by atoms with E-state index in [0.717, 1.165) is 26.6 Å². The molecule has 0 saturated carbocycles. The number of nitrogens with one attached hydrogen (secondary N) is 3. The molecule has 0 radical (unpaired) electrons. The fourth-order valence-electron chi connectivity index (χ4n) is 4.39. The predicted octanol–water partition coefficient (Wildman–Crippen LogP) is 10.0. The van der Waals surface area contributed by atoms with E-state index in [1.807, 2.05) is 61.5 Å². The van der Waals surface area contributed by atoms with Crippen molar-refractivity contribution in [1.29, 1.82) is 10.9 Å². The van der Waals surface area contributed by atoms with Gasteiger partial charge in [0.15, 0.2) is 12.6 Å². The molecule has 0 atom stereocenters. The van der Waals surface area contributed by atoms with Gasteiger partial charge in [-0.2, -0.15) is 5.53 Å².